The van der Waals surface area contributed by atoms with Crippen LogP contribution in [0.2, 0.25) is 0 Å². The van der Waals surface area contributed by atoms with Crippen molar-refractivity contribution in [3.05, 3.63) is 46.0 Å². The fourth-order valence-corrected chi connectivity index (χ4v) is 3.59. The quantitative estimate of drug-likeness (QED) is 0.602. The van der Waals surface area contributed by atoms with Crippen LogP contribution in [0.4, 0.5) is 5.00 Å². The Morgan fingerprint density at radius 3 is 2.86 bits per heavy atom. The summed E-state index contributed by atoms with van der Waals surface area (Å²) >= 11 is 0.925. The van der Waals surface area contributed by atoms with Gasteiger partial charge in [-0.05, 0) is 19.1 Å². The van der Waals surface area contributed by atoms with E-state index in [1.165, 1.54) is 18.4 Å². The zero-order chi connectivity index (χ0) is 20.3. The van der Waals surface area contributed by atoms with Crippen LogP contribution in [-0.4, -0.2) is 23.7 Å². The third-order valence-electron chi connectivity index (χ3n) is 3.96. The number of aromatic hydroxyl groups is 1. The number of nitrogens with zero attached hydrogens (tertiary/aromatic N) is 1. The lowest BCUT2D eigenvalue weighted by atomic mass is 10.1. The molecule has 0 radical (unpaired) electrons. The second-order valence-corrected chi connectivity index (χ2v) is 6.81. The Bertz CT molecular complexity index is 1090. The lowest BCUT2D eigenvalue weighted by molar-refractivity contribution is -0.144. The van der Waals surface area contributed by atoms with Crippen LogP contribution in [-0.2, 0) is 27.3 Å². The Balaban J connectivity index is 1.75. The third-order valence-corrected chi connectivity index (χ3v) is 5.00. The van der Waals surface area contributed by atoms with Crippen molar-refractivity contribution in [3.8, 4) is 11.8 Å². The van der Waals surface area contributed by atoms with Gasteiger partial charge in [0.1, 0.15) is 33.9 Å². The summed E-state index contributed by atoms with van der Waals surface area (Å²) in [6.07, 6.45) is 1.34. The van der Waals surface area contributed by atoms with Gasteiger partial charge in [-0.15, -0.1) is 11.3 Å². The van der Waals surface area contributed by atoms with E-state index in [4.69, 9.17) is 19.6 Å². The van der Waals surface area contributed by atoms with Crippen LogP contribution in [0.15, 0.2) is 28.9 Å². The second-order valence-electron chi connectivity index (χ2n) is 5.76. The molecule has 2 heterocycles. The lowest BCUT2D eigenvalue weighted by Crippen LogP contribution is -2.11. The summed E-state index contributed by atoms with van der Waals surface area (Å²) < 4.78 is 15.5. The van der Waals surface area contributed by atoms with Gasteiger partial charge in [0.2, 0.25) is 0 Å². The Morgan fingerprint density at radius 2 is 2.14 bits per heavy atom. The van der Waals surface area contributed by atoms with Gasteiger partial charge in [-0.3, -0.25) is 4.79 Å². The molecule has 0 aliphatic rings. The van der Waals surface area contributed by atoms with E-state index in [-0.39, 0.29) is 46.4 Å². The largest absolute Gasteiger partial charge is 0.508 e. The van der Waals surface area contributed by atoms with Crippen molar-refractivity contribution in [3.63, 3.8) is 0 Å². The number of hydrogen-bond acceptors (Lipinski definition) is 9. The number of esters is 2. The standard InChI is InChI=1S/C19H16N2O6S/c1-2-25-19(24)17-14(13(7-20)18(21)28-17)9-27-16(23)5-10-8-26-15-6-11(22)3-4-12(10)15/h3-4,6,8,22H,2,5,9,21H2,1H3. The molecule has 1 aromatic carbocycles. The number of fused-ring (bicyclic) bond motifs is 1. The Kier molecular flexibility index (Phi) is 5.52. The van der Waals surface area contributed by atoms with Crippen molar-refractivity contribution in [1.82, 2.24) is 0 Å². The average Bonchev–Trinajstić information content (AvgIpc) is 3.20. The topological polar surface area (TPSA) is 136 Å². The number of carbonyl (C=O) groups excluding carboxylic acids is 2. The molecule has 0 saturated heterocycles. The number of thiophene rings is 1. The SMILES string of the molecule is CCOC(=O)c1sc(N)c(C#N)c1COC(=O)Cc1coc2cc(O)ccc12. The highest BCUT2D eigenvalue weighted by Gasteiger charge is 2.24. The molecule has 0 spiro atoms. The maximum Gasteiger partial charge on any atom is 0.348 e. The molecule has 0 amide bonds. The van der Waals surface area contributed by atoms with Crippen LogP contribution in [0.1, 0.15) is 33.3 Å². The summed E-state index contributed by atoms with van der Waals surface area (Å²) in [4.78, 5) is 24.5. The highest BCUT2D eigenvalue weighted by molar-refractivity contribution is 7.18. The molecule has 0 bridgehead atoms. The monoisotopic (exact) mass is 400 g/mol. The van der Waals surface area contributed by atoms with Gasteiger partial charge in [0.25, 0.3) is 0 Å². The normalized spacial score (nSPS) is 10.6. The van der Waals surface area contributed by atoms with Gasteiger partial charge >= 0.3 is 11.9 Å². The number of nitrogen functional groups attached to an aromatic ring is 1. The van der Waals surface area contributed by atoms with E-state index < -0.39 is 11.9 Å². The van der Waals surface area contributed by atoms with E-state index in [2.05, 4.69) is 0 Å². The van der Waals surface area contributed by atoms with Gasteiger partial charge < -0.3 is 24.7 Å². The van der Waals surface area contributed by atoms with Crippen LogP contribution < -0.4 is 5.73 Å². The molecule has 3 N–H and O–H groups in total. The first-order valence-electron chi connectivity index (χ1n) is 8.27. The predicted octanol–water partition coefficient (Wildman–Crippen LogP) is 3.12. The number of benzene rings is 1. The highest BCUT2D eigenvalue weighted by Crippen LogP contribution is 2.32. The molecule has 3 rings (SSSR count). The second kappa shape index (κ2) is 8.02. The van der Waals surface area contributed by atoms with Crippen LogP contribution >= 0.6 is 11.3 Å². The lowest BCUT2D eigenvalue weighted by Gasteiger charge is -2.06. The van der Waals surface area contributed by atoms with Crippen molar-refractivity contribution in [1.29, 1.82) is 5.26 Å². The number of furan rings is 1. The molecule has 144 valence electrons. The van der Waals surface area contributed by atoms with E-state index in [0.717, 1.165) is 11.3 Å². The number of anilines is 1. The van der Waals surface area contributed by atoms with Gasteiger partial charge in [0.05, 0.1) is 24.9 Å². The Morgan fingerprint density at radius 1 is 1.36 bits per heavy atom. The molecule has 2 aromatic heterocycles. The van der Waals surface area contributed by atoms with E-state index in [0.29, 0.717) is 16.5 Å². The minimum absolute atomic E-state index is 0.0570. The summed E-state index contributed by atoms with van der Waals surface area (Å²) in [7, 11) is 0. The zero-order valence-corrected chi connectivity index (χ0v) is 15.7. The van der Waals surface area contributed by atoms with Gasteiger partial charge in [-0.2, -0.15) is 5.26 Å². The van der Waals surface area contributed by atoms with Gasteiger partial charge in [-0.25, -0.2) is 4.79 Å². The molecule has 9 heteroatoms. The molecule has 0 saturated carbocycles. The van der Waals surface area contributed by atoms with Crippen LogP contribution in [0.25, 0.3) is 11.0 Å². The third kappa shape index (κ3) is 3.77. The summed E-state index contributed by atoms with van der Waals surface area (Å²) in [6, 6.07) is 6.51. The maximum atomic E-state index is 12.3. The van der Waals surface area contributed by atoms with Gasteiger partial charge in [0.15, 0.2) is 0 Å². The molecule has 8 nitrogen and oxygen atoms in total. The van der Waals surface area contributed by atoms with Crippen LogP contribution in [0.3, 0.4) is 0 Å². The summed E-state index contributed by atoms with van der Waals surface area (Å²) in [6.45, 7) is 1.55. The molecular formula is C19H16N2O6S. The van der Waals surface area contributed by atoms with Crippen molar-refractivity contribution < 1.29 is 28.6 Å². The average molecular weight is 400 g/mol. The smallest absolute Gasteiger partial charge is 0.348 e. The number of nitrogens with two attached hydrogens (primary N) is 1. The molecular weight excluding hydrogens is 384 g/mol. The van der Waals surface area contributed by atoms with E-state index in [1.807, 2.05) is 6.07 Å². The van der Waals surface area contributed by atoms with Crippen LogP contribution in [0.5, 0.6) is 5.75 Å². The number of rotatable bonds is 6. The number of ether oxygens (including phenoxy) is 2. The maximum absolute atomic E-state index is 12.3. The van der Waals surface area contributed by atoms with Gasteiger partial charge in [-0.1, -0.05) is 0 Å². The van der Waals surface area contributed by atoms with Crippen molar-refractivity contribution in [2.75, 3.05) is 12.3 Å². The van der Waals surface area contributed by atoms with E-state index in [9.17, 15) is 20.0 Å². The fraction of sp³-hybridized carbons (Fsp3) is 0.211. The first-order chi connectivity index (χ1) is 13.4. The first kappa shape index (κ1) is 19.3. The minimum Gasteiger partial charge on any atom is -0.508 e. The molecule has 0 unspecified atom stereocenters. The molecule has 0 fully saturated rings. The van der Waals surface area contributed by atoms with Crippen LogP contribution in [0, 0.1) is 11.3 Å². The number of nitriles is 1. The summed E-state index contributed by atoms with van der Waals surface area (Å²) in [5, 5.41) is 19.6. The molecule has 0 atom stereocenters. The number of phenolic OH excluding ortho intramolecular Hbond substituents is 1. The minimum atomic E-state index is -0.618. The summed E-state index contributed by atoms with van der Waals surface area (Å²) in [5.74, 6) is -1.13. The van der Waals surface area contributed by atoms with E-state index in [1.54, 1.807) is 13.0 Å². The van der Waals surface area contributed by atoms with E-state index >= 15 is 0 Å². The zero-order valence-electron chi connectivity index (χ0n) is 14.9. The molecule has 0 aliphatic carbocycles. The van der Waals surface area contributed by atoms with Gasteiger partial charge in [0, 0.05) is 22.6 Å². The van der Waals surface area contributed by atoms with Crippen molar-refractivity contribution in [2.24, 2.45) is 0 Å². The Labute approximate surface area is 163 Å². The summed E-state index contributed by atoms with van der Waals surface area (Å²) in [5.41, 5.74) is 7.17. The molecule has 28 heavy (non-hydrogen) atoms. The number of hydrogen-bond donors (Lipinski definition) is 2. The number of carbonyl (C=O) groups is 2. The molecule has 3 aromatic rings. The van der Waals surface area contributed by atoms with Crippen molar-refractivity contribution in [2.45, 2.75) is 20.0 Å². The Hall–Kier alpha value is -3.51. The predicted molar refractivity (Wildman–Crippen MR) is 101 cm³/mol. The first-order valence-corrected chi connectivity index (χ1v) is 9.09. The van der Waals surface area contributed by atoms with Crippen molar-refractivity contribution >= 4 is 39.2 Å². The highest BCUT2D eigenvalue weighted by atomic mass is 32.1. The number of phenols is 1. The molecule has 0 aliphatic heterocycles. The fourth-order valence-electron chi connectivity index (χ4n) is 2.67.